The van der Waals surface area contributed by atoms with Crippen molar-refractivity contribution in [1.29, 1.82) is 0 Å². The number of carbonyl (C=O) groups is 1. The Morgan fingerprint density at radius 3 is 2.92 bits per heavy atom. The third kappa shape index (κ3) is 2.81. The van der Waals surface area contributed by atoms with Crippen molar-refractivity contribution in [3.8, 4) is 0 Å². The zero-order valence-electron chi connectivity index (χ0n) is 7.01. The maximum atomic E-state index is 12.7. The first-order valence-electron chi connectivity index (χ1n) is 3.64. The van der Waals surface area contributed by atoms with Crippen molar-refractivity contribution in [3.05, 3.63) is 34.1 Å². The molecule has 0 spiro atoms. The van der Waals surface area contributed by atoms with Crippen LogP contribution in [0.2, 0.25) is 0 Å². The van der Waals surface area contributed by atoms with Crippen molar-refractivity contribution < 1.29 is 13.9 Å². The van der Waals surface area contributed by atoms with Gasteiger partial charge in [0.25, 0.3) is 0 Å². The quantitative estimate of drug-likeness (QED) is 0.749. The number of halogens is 2. The normalized spacial score (nSPS) is 9.77. The van der Waals surface area contributed by atoms with Gasteiger partial charge in [-0.15, -0.1) is 0 Å². The van der Waals surface area contributed by atoms with E-state index in [-0.39, 0.29) is 18.2 Å². The minimum absolute atomic E-state index is 0.0782. The highest BCUT2D eigenvalue weighted by molar-refractivity contribution is 9.10. The van der Waals surface area contributed by atoms with Crippen LogP contribution in [0, 0.1) is 5.82 Å². The van der Waals surface area contributed by atoms with E-state index in [1.165, 1.54) is 19.2 Å². The number of benzene rings is 1. The van der Waals surface area contributed by atoms with Gasteiger partial charge in [-0.3, -0.25) is 4.79 Å². The predicted molar refractivity (Wildman–Crippen MR) is 49.8 cm³/mol. The molecule has 1 aromatic carbocycles. The summed E-state index contributed by atoms with van der Waals surface area (Å²) in [6, 6.07) is 4.19. The fraction of sp³-hybridized carbons (Fsp3) is 0.222. The van der Waals surface area contributed by atoms with E-state index in [0.717, 1.165) is 0 Å². The van der Waals surface area contributed by atoms with Gasteiger partial charge in [-0.2, -0.15) is 0 Å². The van der Waals surface area contributed by atoms with Gasteiger partial charge in [0, 0.05) is 4.47 Å². The Morgan fingerprint density at radius 1 is 1.62 bits per heavy atom. The van der Waals surface area contributed by atoms with Crippen molar-refractivity contribution in [2.24, 2.45) is 0 Å². The standard InChI is InChI=1S/C9H8BrFO2/c1-13-9(12)5-6-4-7(11)2-3-8(6)10/h2-4H,5H2,1H3. The molecule has 0 radical (unpaired) electrons. The van der Waals surface area contributed by atoms with Crippen LogP contribution in [0.4, 0.5) is 4.39 Å². The van der Waals surface area contributed by atoms with E-state index in [0.29, 0.717) is 10.0 Å². The average molecular weight is 247 g/mol. The lowest BCUT2D eigenvalue weighted by atomic mass is 10.1. The summed E-state index contributed by atoms with van der Waals surface area (Å²) >= 11 is 3.21. The Bertz CT molecular complexity index is 325. The molecule has 0 saturated heterocycles. The number of rotatable bonds is 2. The van der Waals surface area contributed by atoms with Crippen LogP contribution < -0.4 is 0 Å². The van der Waals surface area contributed by atoms with Crippen LogP contribution in [0.25, 0.3) is 0 Å². The van der Waals surface area contributed by atoms with Gasteiger partial charge in [-0.25, -0.2) is 4.39 Å². The van der Waals surface area contributed by atoms with Crippen LogP contribution in [-0.4, -0.2) is 13.1 Å². The molecule has 70 valence electrons. The molecule has 0 aromatic heterocycles. The van der Waals surface area contributed by atoms with E-state index in [1.807, 2.05) is 0 Å². The van der Waals surface area contributed by atoms with Crippen LogP contribution in [-0.2, 0) is 16.0 Å². The molecule has 0 atom stereocenters. The highest BCUT2D eigenvalue weighted by Gasteiger charge is 2.07. The number of hydrogen-bond acceptors (Lipinski definition) is 2. The molecule has 0 unspecified atom stereocenters. The van der Waals surface area contributed by atoms with E-state index in [9.17, 15) is 9.18 Å². The minimum Gasteiger partial charge on any atom is -0.469 e. The second-order valence-corrected chi connectivity index (χ2v) is 3.34. The summed E-state index contributed by atoms with van der Waals surface area (Å²) in [6.45, 7) is 0. The molecule has 0 amide bonds. The fourth-order valence-electron chi connectivity index (χ4n) is 0.906. The largest absolute Gasteiger partial charge is 0.469 e. The Hall–Kier alpha value is -0.900. The molecule has 0 aliphatic rings. The summed E-state index contributed by atoms with van der Waals surface area (Å²) in [5.41, 5.74) is 0.590. The molecule has 1 rings (SSSR count). The Balaban J connectivity index is 2.87. The third-order valence-corrected chi connectivity index (χ3v) is 2.34. The number of hydrogen-bond donors (Lipinski definition) is 0. The van der Waals surface area contributed by atoms with Crippen molar-refractivity contribution in [3.63, 3.8) is 0 Å². The molecular weight excluding hydrogens is 239 g/mol. The zero-order chi connectivity index (χ0) is 9.84. The average Bonchev–Trinajstić information content (AvgIpc) is 2.11. The topological polar surface area (TPSA) is 26.3 Å². The monoisotopic (exact) mass is 246 g/mol. The molecule has 4 heteroatoms. The van der Waals surface area contributed by atoms with Crippen LogP contribution in [0.5, 0.6) is 0 Å². The summed E-state index contributed by atoms with van der Waals surface area (Å²) in [5.74, 6) is -0.742. The lowest BCUT2D eigenvalue weighted by Gasteiger charge is -2.02. The predicted octanol–water partition coefficient (Wildman–Crippen LogP) is 2.30. The molecule has 0 fully saturated rings. The van der Waals surface area contributed by atoms with Gasteiger partial charge in [0.15, 0.2) is 0 Å². The molecule has 1 aromatic rings. The summed E-state index contributed by atoms with van der Waals surface area (Å²) < 4.78 is 17.9. The number of ether oxygens (including phenoxy) is 1. The SMILES string of the molecule is COC(=O)Cc1cc(F)ccc1Br. The lowest BCUT2D eigenvalue weighted by molar-refractivity contribution is -0.139. The van der Waals surface area contributed by atoms with Crippen molar-refractivity contribution in [2.75, 3.05) is 7.11 Å². The van der Waals surface area contributed by atoms with E-state index >= 15 is 0 Å². The van der Waals surface area contributed by atoms with Crippen LogP contribution in [0.1, 0.15) is 5.56 Å². The van der Waals surface area contributed by atoms with Gasteiger partial charge in [-0.1, -0.05) is 15.9 Å². The Morgan fingerprint density at radius 2 is 2.31 bits per heavy atom. The van der Waals surface area contributed by atoms with E-state index in [4.69, 9.17) is 0 Å². The first kappa shape index (κ1) is 10.2. The van der Waals surface area contributed by atoms with Gasteiger partial charge >= 0.3 is 5.97 Å². The van der Waals surface area contributed by atoms with Crippen molar-refractivity contribution in [1.82, 2.24) is 0 Å². The van der Waals surface area contributed by atoms with Crippen LogP contribution in [0.3, 0.4) is 0 Å². The molecule has 0 bridgehead atoms. The second kappa shape index (κ2) is 4.37. The molecule has 0 heterocycles. The van der Waals surface area contributed by atoms with Gasteiger partial charge < -0.3 is 4.74 Å². The van der Waals surface area contributed by atoms with E-state index < -0.39 is 0 Å². The maximum absolute atomic E-state index is 12.7. The third-order valence-electron chi connectivity index (χ3n) is 1.57. The van der Waals surface area contributed by atoms with Crippen molar-refractivity contribution in [2.45, 2.75) is 6.42 Å². The molecule has 0 aliphatic heterocycles. The second-order valence-electron chi connectivity index (χ2n) is 2.49. The first-order valence-corrected chi connectivity index (χ1v) is 4.43. The van der Waals surface area contributed by atoms with Gasteiger partial charge in [0.05, 0.1) is 13.5 Å². The fourth-order valence-corrected chi connectivity index (χ4v) is 1.29. The van der Waals surface area contributed by atoms with Crippen molar-refractivity contribution >= 4 is 21.9 Å². The summed E-state index contributed by atoms with van der Waals surface area (Å²) in [7, 11) is 1.30. The zero-order valence-corrected chi connectivity index (χ0v) is 8.60. The Labute approximate surface area is 83.8 Å². The maximum Gasteiger partial charge on any atom is 0.310 e. The molecular formula is C9H8BrFO2. The Kier molecular flexibility index (Phi) is 3.42. The summed E-state index contributed by atoms with van der Waals surface area (Å²) in [4.78, 5) is 10.9. The number of carbonyl (C=O) groups excluding carboxylic acids is 1. The number of esters is 1. The molecule has 0 saturated carbocycles. The van der Waals surface area contributed by atoms with E-state index in [2.05, 4.69) is 20.7 Å². The molecule has 13 heavy (non-hydrogen) atoms. The van der Waals surface area contributed by atoms with Gasteiger partial charge in [-0.05, 0) is 23.8 Å². The summed E-state index contributed by atoms with van der Waals surface area (Å²) in [5, 5.41) is 0. The van der Waals surface area contributed by atoms with Gasteiger partial charge in [0.2, 0.25) is 0 Å². The minimum atomic E-state index is -0.383. The summed E-state index contributed by atoms with van der Waals surface area (Å²) in [6.07, 6.45) is 0.0782. The van der Waals surface area contributed by atoms with Crippen LogP contribution in [0.15, 0.2) is 22.7 Å². The molecule has 0 aliphatic carbocycles. The van der Waals surface area contributed by atoms with Crippen LogP contribution >= 0.6 is 15.9 Å². The molecule has 0 N–H and O–H groups in total. The first-order chi connectivity index (χ1) is 6.13. The van der Waals surface area contributed by atoms with E-state index in [1.54, 1.807) is 6.07 Å². The van der Waals surface area contributed by atoms with Gasteiger partial charge in [0.1, 0.15) is 5.82 Å². The highest BCUT2D eigenvalue weighted by atomic mass is 79.9. The number of methoxy groups -OCH3 is 1. The molecule has 2 nitrogen and oxygen atoms in total. The smallest absolute Gasteiger partial charge is 0.310 e. The lowest BCUT2D eigenvalue weighted by Crippen LogP contribution is -2.05. The highest BCUT2D eigenvalue weighted by Crippen LogP contribution is 2.18.